The van der Waals surface area contributed by atoms with Gasteiger partial charge in [0.1, 0.15) is 6.54 Å². The Balaban J connectivity index is 1.24. The number of ether oxygens (including phenoxy) is 1. The van der Waals surface area contributed by atoms with Crippen molar-refractivity contribution in [3.05, 3.63) is 107 Å². The van der Waals surface area contributed by atoms with Crippen molar-refractivity contribution in [3.8, 4) is 0 Å². The Morgan fingerprint density at radius 3 is 1.93 bits per heavy atom. The summed E-state index contributed by atoms with van der Waals surface area (Å²) in [5, 5.41) is 14.6. The zero-order chi connectivity index (χ0) is 28.4. The maximum Gasteiger partial charge on any atom is 0.416 e. The van der Waals surface area contributed by atoms with Gasteiger partial charge in [-0.25, -0.2) is 4.79 Å². The molecule has 0 spiro atoms. The highest BCUT2D eigenvalue weighted by molar-refractivity contribution is 5.94. The molecule has 0 radical (unpaired) electrons. The van der Waals surface area contributed by atoms with Crippen LogP contribution in [0.15, 0.2) is 84.9 Å². The van der Waals surface area contributed by atoms with Crippen LogP contribution in [0.25, 0.3) is 0 Å². The van der Waals surface area contributed by atoms with Crippen LogP contribution in [0.5, 0.6) is 0 Å². The molecule has 3 aromatic rings. The molecule has 9 heteroatoms. The number of quaternary nitrogens is 1. The zero-order valence-electron chi connectivity index (χ0n) is 21.9. The molecule has 3 aromatic carbocycles. The number of hydrogen-bond acceptors (Lipinski definition) is 4. The van der Waals surface area contributed by atoms with Crippen LogP contribution in [0.2, 0.25) is 0 Å². The molecule has 3 heterocycles. The fourth-order valence-electron chi connectivity index (χ4n) is 5.97. The van der Waals surface area contributed by atoms with Gasteiger partial charge in [-0.3, -0.25) is 4.79 Å². The van der Waals surface area contributed by atoms with E-state index in [1.54, 1.807) is 48.5 Å². The van der Waals surface area contributed by atoms with Crippen molar-refractivity contribution in [3.63, 3.8) is 0 Å². The first-order chi connectivity index (χ1) is 19.1. The predicted molar refractivity (Wildman–Crippen MR) is 142 cm³/mol. The van der Waals surface area contributed by atoms with E-state index < -0.39 is 29.2 Å². The van der Waals surface area contributed by atoms with Gasteiger partial charge in [0.15, 0.2) is 6.10 Å². The maximum atomic E-state index is 13.7. The van der Waals surface area contributed by atoms with E-state index in [2.05, 4.69) is 5.32 Å². The van der Waals surface area contributed by atoms with Gasteiger partial charge in [-0.05, 0) is 35.4 Å². The summed E-state index contributed by atoms with van der Waals surface area (Å²) in [5.41, 5.74) is -1.72. The number of nitrogens with zero attached hydrogens (tertiary/aromatic N) is 1. The number of fused-ring (bicyclic) bond motifs is 3. The number of hydrogen-bond donors (Lipinski definition) is 2. The SMILES string of the molecule is O=C(NCC[N+]12CCC(CC1)[C@@H](OC(=O)C(O)(c1ccccc1)c1ccccc1)C2)c1ccc(C(F)(F)F)cc1. The highest BCUT2D eigenvalue weighted by atomic mass is 19.4. The number of piperidine rings is 3. The van der Waals surface area contributed by atoms with E-state index in [0.717, 1.165) is 38.1 Å². The third kappa shape index (κ3) is 5.62. The first kappa shape index (κ1) is 27.9. The summed E-state index contributed by atoms with van der Waals surface area (Å²) in [6, 6.07) is 21.7. The number of benzene rings is 3. The van der Waals surface area contributed by atoms with Crippen molar-refractivity contribution in [1.29, 1.82) is 0 Å². The number of halogens is 3. The second-order valence-electron chi connectivity index (χ2n) is 10.7. The predicted octanol–water partition coefficient (Wildman–Crippen LogP) is 4.52. The van der Waals surface area contributed by atoms with Gasteiger partial charge in [-0.1, -0.05) is 60.7 Å². The highest BCUT2D eigenvalue weighted by Gasteiger charge is 2.50. The van der Waals surface area contributed by atoms with Gasteiger partial charge in [0.25, 0.3) is 5.91 Å². The van der Waals surface area contributed by atoms with E-state index in [9.17, 15) is 27.9 Å². The van der Waals surface area contributed by atoms with Gasteiger partial charge >= 0.3 is 12.1 Å². The van der Waals surface area contributed by atoms with E-state index in [4.69, 9.17) is 4.74 Å². The summed E-state index contributed by atoms with van der Waals surface area (Å²) < 4.78 is 45.2. The van der Waals surface area contributed by atoms with Gasteiger partial charge in [0, 0.05) is 24.3 Å². The Kier molecular flexibility index (Phi) is 7.70. The number of nitrogens with one attached hydrogen (secondary N) is 1. The third-order valence-corrected chi connectivity index (χ3v) is 8.32. The molecule has 6 nitrogen and oxygen atoms in total. The average molecular weight is 554 g/mol. The van der Waals surface area contributed by atoms with Crippen LogP contribution in [-0.4, -0.2) is 60.3 Å². The van der Waals surface area contributed by atoms with Crippen molar-refractivity contribution in [2.24, 2.45) is 5.92 Å². The fraction of sp³-hybridized carbons (Fsp3) is 0.355. The Bertz CT molecular complexity index is 1280. The lowest BCUT2D eigenvalue weighted by Crippen LogP contribution is -2.66. The minimum atomic E-state index is -4.46. The van der Waals surface area contributed by atoms with Crippen LogP contribution >= 0.6 is 0 Å². The smallest absolute Gasteiger partial charge is 0.416 e. The summed E-state index contributed by atoms with van der Waals surface area (Å²) in [6.07, 6.45) is -3.11. The molecule has 2 bridgehead atoms. The summed E-state index contributed by atoms with van der Waals surface area (Å²) in [5.74, 6) is -0.948. The molecule has 0 aromatic heterocycles. The van der Waals surface area contributed by atoms with E-state index in [1.807, 2.05) is 12.1 Å². The molecule has 3 aliphatic heterocycles. The molecule has 2 N–H and O–H groups in total. The number of alkyl halides is 3. The number of aliphatic hydroxyl groups is 1. The third-order valence-electron chi connectivity index (χ3n) is 8.32. The number of rotatable bonds is 8. The zero-order valence-corrected chi connectivity index (χ0v) is 21.9. The summed E-state index contributed by atoms with van der Waals surface area (Å²) in [7, 11) is 0. The van der Waals surface area contributed by atoms with Crippen LogP contribution in [0, 0.1) is 5.92 Å². The van der Waals surface area contributed by atoms with Gasteiger partial charge in [0.2, 0.25) is 5.60 Å². The minimum absolute atomic E-state index is 0.165. The molecular formula is C31H32F3N2O4+. The molecule has 40 heavy (non-hydrogen) atoms. The number of carbonyl (C=O) groups excluding carboxylic acids is 2. The van der Waals surface area contributed by atoms with Crippen molar-refractivity contribution in [2.75, 3.05) is 32.7 Å². The monoisotopic (exact) mass is 553 g/mol. The van der Waals surface area contributed by atoms with Crippen LogP contribution < -0.4 is 5.32 Å². The van der Waals surface area contributed by atoms with E-state index in [0.29, 0.717) is 35.2 Å². The Labute approximate surface area is 231 Å². The Morgan fingerprint density at radius 2 is 1.40 bits per heavy atom. The molecule has 3 fully saturated rings. The van der Waals surface area contributed by atoms with E-state index in [1.165, 1.54) is 12.1 Å². The number of carbonyl (C=O) groups is 2. The maximum absolute atomic E-state index is 13.7. The molecule has 6 rings (SSSR count). The first-order valence-corrected chi connectivity index (χ1v) is 13.5. The minimum Gasteiger partial charge on any atom is -0.453 e. The van der Waals surface area contributed by atoms with E-state index in [-0.39, 0.29) is 17.6 Å². The van der Waals surface area contributed by atoms with Crippen LogP contribution in [-0.2, 0) is 21.3 Å². The standard InChI is InChI=1S/C31H31F3N2O4/c32-31(33,34)26-13-11-23(12-14-26)28(37)35-17-20-36-18-15-22(16-19-36)27(21-36)40-29(38)30(39,24-7-3-1-4-8-24)25-9-5-2-6-10-25/h1-14,22,27,39H,15-21H2/p+1/t22?,27-,36?/m0/s1. The van der Waals surface area contributed by atoms with Crippen molar-refractivity contribution in [2.45, 2.75) is 30.7 Å². The summed E-state index contributed by atoms with van der Waals surface area (Å²) in [4.78, 5) is 26.2. The van der Waals surface area contributed by atoms with Crippen LogP contribution in [0.4, 0.5) is 13.2 Å². The molecule has 0 aliphatic carbocycles. The second-order valence-corrected chi connectivity index (χ2v) is 10.7. The summed E-state index contributed by atoms with van der Waals surface area (Å²) >= 11 is 0. The van der Waals surface area contributed by atoms with Gasteiger partial charge < -0.3 is 19.6 Å². The number of esters is 1. The molecule has 3 aliphatic rings. The molecule has 3 saturated heterocycles. The average Bonchev–Trinajstić information content (AvgIpc) is 2.97. The van der Waals surface area contributed by atoms with Crippen molar-refractivity contribution in [1.82, 2.24) is 5.32 Å². The van der Waals surface area contributed by atoms with Crippen LogP contribution in [0.3, 0.4) is 0 Å². The first-order valence-electron chi connectivity index (χ1n) is 13.5. The lowest BCUT2D eigenvalue weighted by Gasteiger charge is -2.52. The van der Waals surface area contributed by atoms with Gasteiger partial charge in [0.05, 0.1) is 31.7 Å². The highest BCUT2D eigenvalue weighted by Crippen LogP contribution is 2.38. The van der Waals surface area contributed by atoms with Crippen molar-refractivity contribution >= 4 is 11.9 Å². The normalized spacial score (nSPS) is 22.5. The second kappa shape index (κ2) is 11.1. The van der Waals surface area contributed by atoms with Crippen molar-refractivity contribution < 1.29 is 37.1 Å². The molecule has 0 unspecified atom stereocenters. The quantitative estimate of drug-likeness (QED) is 0.318. The topological polar surface area (TPSA) is 75.6 Å². The number of amides is 1. The molecular weight excluding hydrogens is 521 g/mol. The summed E-state index contributed by atoms with van der Waals surface area (Å²) in [6.45, 7) is 3.29. The molecule has 210 valence electrons. The lowest BCUT2D eigenvalue weighted by molar-refractivity contribution is -0.945. The largest absolute Gasteiger partial charge is 0.453 e. The molecule has 1 amide bonds. The van der Waals surface area contributed by atoms with E-state index >= 15 is 0 Å². The lowest BCUT2D eigenvalue weighted by atomic mass is 9.82. The Hall–Kier alpha value is -3.69. The van der Waals surface area contributed by atoms with Crippen LogP contribution in [0.1, 0.15) is 39.9 Å². The molecule has 0 saturated carbocycles. The van der Waals surface area contributed by atoms with Gasteiger partial charge in [-0.2, -0.15) is 13.2 Å². The fourth-order valence-corrected chi connectivity index (χ4v) is 5.97. The molecule has 1 atom stereocenters. The van der Waals surface area contributed by atoms with Gasteiger partial charge in [-0.15, -0.1) is 0 Å². The Morgan fingerprint density at radius 1 is 0.850 bits per heavy atom.